The van der Waals surface area contributed by atoms with Crippen molar-refractivity contribution in [3.63, 3.8) is 0 Å². The molecule has 3 aromatic rings. The van der Waals surface area contributed by atoms with Crippen molar-refractivity contribution in [1.82, 2.24) is 5.43 Å². The molecule has 0 aliphatic heterocycles. The minimum absolute atomic E-state index is 0.205. The molecular formula is C24H21ClN4O4. The van der Waals surface area contributed by atoms with E-state index in [-0.39, 0.29) is 12.5 Å². The fraction of sp³-hybridized carbons (Fsp3) is 0.0833. The number of rotatable bonds is 7. The first-order valence-electron chi connectivity index (χ1n) is 9.88. The lowest BCUT2D eigenvalue weighted by molar-refractivity contribution is -0.136. The van der Waals surface area contributed by atoms with Gasteiger partial charge in [-0.1, -0.05) is 47.5 Å². The molecule has 0 saturated carbocycles. The molecule has 0 aromatic heterocycles. The molecule has 168 valence electrons. The Morgan fingerprint density at radius 3 is 2.42 bits per heavy atom. The van der Waals surface area contributed by atoms with Crippen molar-refractivity contribution < 1.29 is 19.1 Å². The van der Waals surface area contributed by atoms with E-state index in [9.17, 15) is 14.4 Å². The van der Waals surface area contributed by atoms with Crippen LogP contribution in [0.15, 0.2) is 77.9 Å². The molecule has 0 saturated heterocycles. The third kappa shape index (κ3) is 7.79. The average Bonchev–Trinajstić information content (AvgIpc) is 2.79. The van der Waals surface area contributed by atoms with E-state index in [2.05, 4.69) is 21.2 Å². The van der Waals surface area contributed by atoms with E-state index in [1.807, 2.05) is 19.1 Å². The van der Waals surface area contributed by atoms with Crippen LogP contribution in [-0.2, 0) is 14.4 Å². The second-order valence-corrected chi connectivity index (χ2v) is 7.38. The Kier molecular flexibility index (Phi) is 8.15. The van der Waals surface area contributed by atoms with Gasteiger partial charge in [-0.05, 0) is 55.0 Å². The van der Waals surface area contributed by atoms with Crippen LogP contribution in [-0.4, -0.2) is 30.5 Å². The molecule has 3 aromatic carbocycles. The van der Waals surface area contributed by atoms with Gasteiger partial charge in [-0.15, -0.1) is 0 Å². The number of ether oxygens (including phenoxy) is 1. The highest BCUT2D eigenvalue weighted by molar-refractivity contribution is 6.39. The smallest absolute Gasteiger partial charge is 0.329 e. The average molecular weight is 465 g/mol. The summed E-state index contributed by atoms with van der Waals surface area (Å²) in [5.74, 6) is -1.65. The van der Waals surface area contributed by atoms with Crippen LogP contribution in [0.5, 0.6) is 5.75 Å². The van der Waals surface area contributed by atoms with Gasteiger partial charge in [0.25, 0.3) is 5.91 Å². The Morgan fingerprint density at radius 1 is 0.909 bits per heavy atom. The lowest BCUT2D eigenvalue weighted by Gasteiger charge is -2.08. The van der Waals surface area contributed by atoms with Crippen LogP contribution in [0, 0.1) is 6.92 Å². The number of amides is 3. The lowest BCUT2D eigenvalue weighted by Crippen LogP contribution is -2.32. The number of aryl methyl sites for hydroxylation is 1. The van der Waals surface area contributed by atoms with E-state index in [1.165, 1.54) is 6.21 Å². The Bertz CT molecular complexity index is 1180. The summed E-state index contributed by atoms with van der Waals surface area (Å²) in [7, 11) is 0. The summed E-state index contributed by atoms with van der Waals surface area (Å²) in [5, 5.41) is 9.47. The van der Waals surface area contributed by atoms with Crippen molar-refractivity contribution in [2.45, 2.75) is 6.92 Å². The van der Waals surface area contributed by atoms with Gasteiger partial charge >= 0.3 is 11.8 Å². The number of carbonyl (C=O) groups is 3. The number of nitrogens with zero attached hydrogens (tertiary/aromatic N) is 1. The molecular weight excluding hydrogens is 444 g/mol. The fourth-order valence-corrected chi connectivity index (χ4v) is 2.83. The third-order valence-corrected chi connectivity index (χ3v) is 4.47. The molecule has 0 atom stereocenters. The third-order valence-electron chi connectivity index (χ3n) is 4.23. The molecule has 9 heteroatoms. The zero-order valence-corrected chi connectivity index (χ0v) is 18.4. The van der Waals surface area contributed by atoms with Crippen LogP contribution in [0.4, 0.5) is 11.4 Å². The van der Waals surface area contributed by atoms with Crippen LogP contribution in [0.3, 0.4) is 0 Å². The van der Waals surface area contributed by atoms with Crippen LogP contribution in [0.1, 0.15) is 11.1 Å². The molecule has 8 nitrogen and oxygen atoms in total. The van der Waals surface area contributed by atoms with Crippen molar-refractivity contribution in [2.24, 2.45) is 5.10 Å². The van der Waals surface area contributed by atoms with E-state index in [0.717, 1.165) is 5.56 Å². The highest BCUT2D eigenvalue weighted by Crippen LogP contribution is 2.15. The number of carbonyl (C=O) groups excluding carboxylic acids is 3. The van der Waals surface area contributed by atoms with Gasteiger partial charge in [-0.25, -0.2) is 5.43 Å². The summed E-state index contributed by atoms with van der Waals surface area (Å²) in [4.78, 5) is 35.9. The predicted molar refractivity (Wildman–Crippen MR) is 128 cm³/mol. The van der Waals surface area contributed by atoms with E-state index in [4.69, 9.17) is 16.3 Å². The molecule has 3 N–H and O–H groups in total. The molecule has 3 amide bonds. The molecule has 0 aliphatic carbocycles. The van der Waals surface area contributed by atoms with Crippen LogP contribution in [0.25, 0.3) is 0 Å². The second-order valence-electron chi connectivity index (χ2n) is 6.94. The molecule has 0 fully saturated rings. The number of benzene rings is 3. The minimum Gasteiger partial charge on any atom is -0.484 e. The zero-order valence-electron chi connectivity index (χ0n) is 17.7. The van der Waals surface area contributed by atoms with E-state index >= 15 is 0 Å². The molecule has 3 rings (SSSR count). The maximum atomic E-state index is 12.0. The molecule has 0 spiro atoms. The summed E-state index contributed by atoms with van der Waals surface area (Å²) in [6, 6.07) is 20.6. The number of anilines is 2. The second kappa shape index (κ2) is 11.4. The number of hydrazone groups is 1. The monoisotopic (exact) mass is 464 g/mol. The number of halogens is 1. The number of hydrogen-bond donors (Lipinski definition) is 3. The molecule has 0 radical (unpaired) electrons. The van der Waals surface area contributed by atoms with E-state index in [0.29, 0.717) is 27.7 Å². The van der Waals surface area contributed by atoms with Crippen molar-refractivity contribution in [3.05, 3.63) is 88.9 Å². The van der Waals surface area contributed by atoms with Gasteiger partial charge in [0.15, 0.2) is 6.61 Å². The molecule has 0 bridgehead atoms. The normalized spacial score (nSPS) is 10.5. The standard InChI is InChI=1S/C24H21ClN4O4/c1-16-8-10-19(11-9-16)28-23(31)24(32)29-26-14-17-4-2-7-21(12-17)33-15-22(30)27-20-6-3-5-18(25)13-20/h2-14H,15H2,1H3,(H,27,30)(H,28,31)(H,29,32)/b26-14-. The van der Waals surface area contributed by atoms with Crippen molar-refractivity contribution in [1.29, 1.82) is 0 Å². The Labute approximate surface area is 195 Å². The van der Waals surface area contributed by atoms with Crippen molar-refractivity contribution in [3.8, 4) is 5.75 Å². The summed E-state index contributed by atoms with van der Waals surface area (Å²) in [5.41, 5.74) is 4.88. The first kappa shape index (κ1) is 23.5. The number of nitrogens with one attached hydrogen (secondary N) is 3. The molecule has 0 heterocycles. The van der Waals surface area contributed by atoms with E-state index in [1.54, 1.807) is 60.7 Å². The summed E-state index contributed by atoms with van der Waals surface area (Å²) < 4.78 is 5.49. The van der Waals surface area contributed by atoms with Gasteiger partial charge < -0.3 is 15.4 Å². The summed E-state index contributed by atoms with van der Waals surface area (Å²) in [6.45, 7) is 1.71. The van der Waals surface area contributed by atoms with Crippen LogP contribution < -0.4 is 20.8 Å². The largest absolute Gasteiger partial charge is 0.484 e. The Balaban J connectivity index is 1.47. The maximum absolute atomic E-state index is 12.0. The van der Waals surface area contributed by atoms with Gasteiger partial charge in [-0.2, -0.15) is 5.10 Å². The Hall–Kier alpha value is -4.17. The maximum Gasteiger partial charge on any atom is 0.329 e. The van der Waals surface area contributed by atoms with Gasteiger partial charge in [0, 0.05) is 16.4 Å². The van der Waals surface area contributed by atoms with Crippen LogP contribution >= 0.6 is 11.6 Å². The Morgan fingerprint density at radius 2 is 1.67 bits per heavy atom. The van der Waals surface area contributed by atoms with Crippen LogP contribution in [0.2, 0.25) is 5.02 Å². The van der Waals surface area contributed by atoms with E-state index < -0.39 is 11.8 Å². The fourth-order valence-electron chi connectivity index (χ4n) is 2.64. The molecule has 0 aliphatic rings. The minimum atomic E-state index is -0.906. The SMILES string of the molecule is Cc1ccc(NC(=O)C(=O)N/N=C\c2cccc(OCC(=O)Nc3cccc(Cl)c3)c2)cc1. The first-order valence-corrected chi connectivity index (χ1v) is 10.3. The topological polar surface area (TPSA) is 109 Å². The van der Waals surface area contributed by atoms with Gasteiger partial charge in [0.05, 0.1) is 6.21 Å². The summed E-state index contributed by atoms with van der Waals surface area (Å²) >= 11 is 5.90. The van der Waals surface area contributed by atoms with Crippen molar-refractivity contribution in [2.75, 3.05) is 17.2 Å². The molecule has 33 heavy (non-hydrogen) atoms. The zero-order chi connectivity index (χ0) is 23.6. The predicted octanol–water partition coefficient (Wildman–Crippen LogP) is 3.75. The quantitative estimate of drug-likeness (QED) is 0.281. The number of hydrogen-bond acceptors (Lipinski definition) is 5. The lowest BCUT2D eigenvalue weighted by atomic mass is 10.2. The van der Waals surface area contributed by atoms with Gasteiger partial charge in [-0.3, -0.25) is 14.4 Å². The highest BCUT2D eigenvalue weighted by atomic mass is 35.5. The summed E-state index contributed by atoms with van der Waals surface area (Å²) in [6.07, 6.45) is 1.36. The van der Waals surface area contributed by atoms with Crippen molar-refractivity contribution >= 4 is 46.9 Å². The highest BCUT2D eigenvalue weighted by Gasteiger charge is 2.12. The van der Waals surface area contributed by atoms with Gasteiger partial charge in [0.1, 0.15) is 5.75 Å². The van der Waals surface area contributed by atoms with Gasteiger partial charge in [0.2, 0.25) is 0 Å². The first-order chi connectivity index (χ1) is 15.9. The molecule has 0 unspecified atom stereocenters.